The standard InChI is InChI=1S/C17H23N3OS2/c18-10-14(12-6-2-1-3-7-12)19-16(21)11-22-17-20-13-8-4-5-9-15(13)23-17/h4-5,8-9,12,14H,1-3,6-7,10-11,18H2,(H,19,21). The molecule has 1 amide bonds. The summed E-state index contributed by atoms with van der Waals surface area (Å²) in [6, 6.07) is 8.18. The van der Waals surface area contributed by atoms with E-state index in [-0.39, 0.29) is 11.9 Å². The molecule has 1 saturated carbocycles. The Morgan fingerprint density at radius 1 is 1.35 bits per heavy atom. The number of carbonyl (C=O) groups excluding carboxylic acids is 1. The Kier molecular flexibility index (Phi) is 5.91. The molecule has 1 heterocycles. The molecule has 0 spiro atoms. The van der Waals surface area contributed by atoms with Crippen LogP contribution in [0.25, 0.3) is 10.2 Å². The van der Waals surface area contributed by atoms with Crippen molar-refractivity contribution < 1.29 is 4.79 Å². The van der Waals surface area contributed by atoms with Gasteiger partial charge >= 0.3 is 0 Å². The zero-order chi connectivity index (χ0) is 16.1. The summed E-state index contributed by atoms with van der Waals surface area (Å²) in [5.41, 5.74) is 6.88. The number of fused-ring (bicyclic) bond motifs is 1. The van der Waals surface area contributed by atoms with Crippen molar-refractivity contribution in [2.75, 3.05) is 12.3 Å². The highest BCUT2D eigenvalue weighted by atomic mass is 32.2. The third-order valence-corrected chi connectivity index (χ3v) is 6.60. The van der Waals surface area contributed by atoms with Gasteiger partial charge in [0.25, 0.3) is 0 Å². The molecular weight excluding hydrogens is 326 g/mol. The summed E-state index contributed by atoms with van der Waals surface area (Å²) in [6.45, 7) is 0.530. The van der Waals surface area contributed by atoms with E-state index in [4.69, 9.17) is 5.73 Å². The number of benzene rings is 1. The number of carbonyl (C=O) groups is 1. The fourth-order valence-electron chi connectivity index (χ4n) is 3.19. The number of rotatable bonds is 6. The molecule has 1 aromatic carbocycles. The molecule has 2 aromatic rings. The predicted octanol–water partition coefficient (Wildman–Crippen LogP) is 3.41. The van der Waals surface area contributed by atoms with Crippen LogP contribution in [0.5, 0.6) is 0 Å². The van der Waals surface area contributed by atoms with Crippen LogP contribution in [0.3, 0.4) is 0 Å². The van der Waals surface area contributed by atoms with Gasteiger partial charge in [-0.1, -0.05) is 43.2 Å². The van der Waals surface area contributed by atoms with Crippen LogP contribution in [-0.2, 0) is 4.79 Å². The third-order valence-electron chi connectivity index (χ3n) is 4.42. The van der Waals surface area contributed by atoms with Crippen molar-refractivity contribution in [1.82, 2.24) is 10.3 Å². The molecule has 6 heteroatoms. The SMILES string of the molecule is NCC(NC(=O)CSc1nc2ccccc2s1)C1CCCCC1. The lowest BCUT2D eigenvalue weighted by Crippen LogP contribution is -2.46. The van der Waals surface area contributed by atoms with Crippen molar-refractivity contribution in [3.05, 3.63) is 24.3 Å². The highest BCUT2D eigenvalue weighted by Crippen LogP contribution is 2.29. The minimum atomic E-state index is 0.0651. The van der Waals surface area contributed by atoms with Crippen molar-refractivity contribution in [2.45, 2.75) is 42.5 Å². The zero-order valence-corrected chi connectivity index (χ0v) is 14.8. The van der Waals surface area contributed by atoms with Crippen molar-refractivity contribution in [3.8, 4) is 0 Å². The van der Waals surface area contributed by atoms with E-state index in [9.17, 15) is 4.79 Å². The van der Waals surface area contributed by atoms with E-state index < -0.39 is 0 Å². The number of amides is 1. The smallest absolute Gasteiger partial charge is 0.230 e. The molecule has 3 N–H and O–H groups in total. The molecule has 0 radical (unpaired) electrons. The summed E-state index contributed by atoms with van der Waals surface area (Å²) in [7, 11) is 0. The Morgan fingerprint density at radius 3 is 2.87 bits per heavy atom. The topological polar surface area (TPSA) is 68.0 Å². The number of para-hydroxylation sites is 1. The second-order valence-corrected chi connectivity index (χ2v) is 8.30. The number of nitrogens with one attached hydrogen (secondary N) is 1. The summed E-state index contributed by atoms with van der Waals surface area (Å²) in [5, 5.41) is 3.13. The van der Waals surface area contributed by atoms with Gasteiger partial charge in [0.15, 0.2) is 4.34 Å². The second kappa shape index (κ2) is 8.13. The predicted molar refractivity (Wildman–Crippen MR) is 97.9 cm³/mol. The van der Waals surface area contributed by atoms with E-state index in [0.29, 0.717) is 18.2 Å². The number of thioether (sulfide) groups is 1. The van der Waals surface area contributed by atoms with Crippen LogP contribution in [0.1, 0.15) is 32.1 Å². The fourth-order valence-corrected chi connectivity index (χ4v) is 5.07. The lowest BCUT2D eigenvalue weighted by molar-refractivity contribution is -0.119. The molecule has 23 heavy (non-hydrogen) atoms. The maximum absolute atomic E-state index is 12.2. The molecule has 0 saturated heterocycles. The Labute approximate surface area is 145 Å². The van der Waals surface area contributed by atoms with E-state index >= 15 is 0 Å². The van der Waals surface area contributed by atoms with Crippen molar-refractivity contribution in [3.63, 3.8) is 0 Å². The van der Waals surface area contributed by atoms with Crippen molar-refractivity contribution >= 4 is 39.2 Å². The Morgan fingerprint density at radius 2 is 2.13 bits per heavy atom. The van der Waals surface area contributed by atoms with Gasteiger partial charge in [0.1, 0.15) is 0 Å². The Bertz CT molecular complexity index is 619. The van der Waals surface area contributed by atoms with Crippen LogP contribution >= 0.6 is 23.1 Å². The van der Waals surface area contributed by atoms with E-state index in [1.54, 1.807) is 11.3 Å². The lowest BCUT2D eigenvalue weighted by Gasteiger charge is -2.30. The monoisotopic (exact) mass is 349 g/mol. The maximum Gasteiger partial charge on any atom is 0.230 e. The summed E-state index contributed by atoms with van der Waals surface area (Å²) in [6.07, 6.45) is 6.21. The maximum atomic E-state index is 12.2. The number of aromatic nitrogens is 1. The van der Waals surface area contributed by atoms with Gasteiger partial charge in [-0.15, -0.1) is 11.3 Å². The Balaban J connectivity index is 1.51. The molecule has 0 bridgehead atoms. The second-order valence-electron chi connectivity index (χ2n) is 6.04. The van der Waals surface area contributed by atoms with Gasteiger partial charge in [0.05, 0.1) is 16.0 Å². The largest absolute Gasteiger partial charge is 0.351 e. The molecule has 3 rings (SSSR count). The highest BCUT2D eigenvalue weighted by Gasteiger charge is 2.24. The molecule has 1 unspecified atom stereocenters. The first-order valence-electron chi connectivity index (χ1n) is 8.24. The first kappa shape index (κ1) is 16.7. The van der Waals surface area contributed by atoms with Gasteiger partial charge in [-0.05, 0) is 30.9 Å². The lowest BCUT2D eigenvalue weighted by atomic mass is 9.84. The number of hydrogen-bond acceptors (Lipinski definition) is 5. The number of nitrogens with zero attached hydrogens (tertiary/aromatic N) is 1. The Hall–Kier alpha value is -1.11. The van der Waals surface area contributed by atoms with Gasteiger partial charge in [0, 0.05) is 12.6 Å². The van der Waals surface area contributed by atoms with Gasteiger partial charge < -0.3 is 11.1 Å². The third kappa shape index (κ3) is 4.46. The molecule has 1 aliphatic rings. The van der Waals surface area contributed by atoms with Crippen LogP contribution in [0.4, 0.5) is 0 Å². The molecule has 1 atom stereocenters. The number of hydrogen-bond donors (Lipinski definition) is 2. The van der Waals surface area contributed by atoms with Gasteiger partial charge in [-0.2, -0.15) is 0 Å². The van der Waals surface area contributed by atoms with Gasteiger partial charge in [-0.25, -0.2) is 4.98 Å². The summed E-state index contributed by atoms with van der Waals surface area (Å²) in [5.74, 6) is 1.02. The van der Waals surface area contributed by atoms with Gasteiger partial charge in [0.2, 0.25) is 5.91 Å². The van der Waals surface area contributed by atoms with Crippen LogP contribution in [0.15, 0.2) is 28.6 Å². The number of nitrogens with two attached hydrogens (primary N) is 1. The highest BCUT2D eigenvalue weighted by molar-refractivity contribution is 8.01. The summed E-state index contributed by atoms with van der Waals surface area (Å²) < 4.78 is 2.11. The van der Waals surface area contributed by atoms with Gasteiger partial charge in [-0.3, -0.25) is 4.79 Å². The van der Waals surface area contributed by atoms with Crippen molar-refractivity contribution in [1.29, 1.82) is 0 Å². The van der Waals surface area contributed by atoms with E-state index in [1.165, 1.54) is 43.9 Å². The van der Waals surface area contributed by atoms with Crippen LogP contribution in [-0.4, -0.2) is 29.2 Å². The molecule has 1 aliphatic carbocycles. The minimum absolute atomic E-state index is 0.0651. The van der Waals surface area contributed by atoms with Crippen LogP contribution in [0.2, 0.25) is 0 Å². The fraction of sp³-hybridized carbons (Fsp3) is 0.529. The summed E-state index contributed by atoms with van der Waals surface area (Å²) >= 11 is 3.15. The molecule has 1 aromatic heterocycles. The normalized spacial score (nSPS) is 17.3. The average molecular weight is 350 g/mol. The zero-order valence-electron chi connectivity index (χ0n) is 13.2. The molecule has 124 valence electrons. The quantitative estimate of drug-likeness (QED) is 0.784. The first-order chi connectivity index (χ1) is 11.3. The molecular formula is C17H23N3OS2. The van der Waals surface area contributed by atoms with E-state index in [1.807, 2.05) is 18.2 Å². The van der Waals surface area contributed by atoms with Crippen molar-refractivity contribution in [2.24, 2.45) is 11.7 Å². The molecule has 1 fully saturated rings. The van der Waals surface area contributed by atoms with E-state index in [0.717, 1.165) is 14.6 Å². The first-order valence-corrected chi connectivity index (χ1v) is 10.0. The van der Waals surface area contributed by atoms with E-state index in [2.05, 4.69) is 16.4 Å². The summed E-state index contributed by atoms with van der Waals surface area (Å²) in [4.78, 5) is 16.8. The number of thiazole rings is 1. The molecule has 0 aliphatic heterocycles. The van der Waals surface area contributed by atoms with Crippen LogP contribution < -0.4 is 11.1 Å². The molecule has 4 nitrogen and oxygen atoms in total. The van der Waals surface area contributed by atoms with Crippen LogP contribution in [0, 0.1) is 5.92 Å². The average Bonchev–Trinajstić information content (AvgIpc) is 3.01. The minimum Gasteiger partial charge on any atom is -0.351 e.